The van der Waals surface area contributed by atoms with Gasteiger partial charge in [0.25, 0.3) is 5.91 Å². The number of rotatable bonds is 5. The van der Waals surface area contributed by atoms with E-state index in [0.29, 0.717) is 22.8 Å². The third kappa shape index (κ3) is 5.59. The van der Waals surface area contributed by atoms with E-state index in [2.05, 4.69) is 16.0 Å². The van der Waals surface area contributed by atoms with E-state index in [1.165, 1.54) is 0 Å². The van der Waals surface area contributed by atoms with Crippen LogP contribution >= 0.6 is 11.6 Å². The van der Waals surface area contributed by atoms with Crippen molar-refractivity contribution in [2.45, 2.75) is 26.4 Å². The van der Waals surface area contributed by atoms with Crippen LogP contribution in [0.1, 0.15) is 29.8 Å². The van der Waals surface area contributed by atoms with Crippen LogP contribution in [-0.4, -0.2) is 18.0 Å². The summed E-state index contributed by atoms with van der Waals surface area (Å²) in [5.41, 5.74) is 2.19. The topological polar surface area (TPSA) is 70.2 Å². The van der Waals surface area contributed by atoms with Gasteiger partial charge in [-0.1, -0.05) is 23.7 Å². The number of anilines is 1. The lowest BCUT2D eigenvalue weighted by Crippen LogP contribution is -2.34. The van der Waals surface area contributed by atoms with Crippen LogP contribution in [-0.2, 0) is 6.54 Å². The molecule has 6 heteroatoms. The van der Waals surface area contributed by atoms with Crippen molar-refractivity contribution in [1.82, 2.24) is 10.6 Å². The zero-order valence-electron chi connectivity index (χ0n) is 13.6. The maximum Gasteiger partial charge on any atom is 0.319 e. The van der Waals surface area contributed by atoms with Crippen LogP contribution in [0.25, 0.3) is 0 Å². The Kier molecular flexibility index (Phi) is 6.21. The van der Waals surface area contributed by atoms with Crippen molar-refractivity contribution in [2.24, 2.45) is 0 Å². The number of benzene rings is 2. The van der Waals surface area contributed by atoms with Gasteiger partial charge in [-0.3, -0.25) is 4.79 Å². The Hall–Kier alpha value is -2.53. The van der Waals surface area contributed by atoms with Gasteiger partial charge in [-0.25, -0.2) is 4.79 Å². The predicted molar refractivity (Wildman–Crippen MR) is 96.4 cm³/mol. The van der Waals surface area contributed by atoms with Crippen LogP contribution in [0, 0.1) is 0 Å². The van der Waals surface area contributed by atoms with E-state index < -0.39 is 0 Å². The van der Waals surface area contributed by atoms with E-state index in [0.717, 1.165) is 5.56 Å². The Morgan fingerprint density at radius 3 is 2.21 bits per heavy atom. The SMILES string of the molecule is CC(C)NC(=O)Nc1ccc(CNC(=O)c2ccc(Cl)cc2)cc1. The van der Waals surface area contributed by atoms with Gasteiger partial charge >= 0.3 is 6.03 Å². The molecule has 0 saturated carbocycles. The number of carbonyl (C=O) groups excluding carboxylic acids is 2. The van der Waals surface area contributed by atoms with E-state index in [9.17, 15) is 9.59 Å². The van der Waals surface area contributed by atoms with Gasteiger partial charge in [-0.15, -0.1) is 0 Å². The summed E-state index contributed by atoms with van der Waals surface area (Å²) in [6.07, 6.45) is 0. The molecule has 24 heavy (non-hydrogen) atoms. The molecule has 0 aromatic heterocycles. The summed E-state index contributed by atoms with van der Waals surface area (Å²) in [7, 11) is 0. The van der Waals surface area contributed by atoms with Gasteiger partial charge in [-0.2, -0.15) is 0 Å². The standard InChI is InChI=1S/C18H20ClN3O2/c1-12(2)21-18(24)22-16-9-3-13(4-10-16)11-20-17(23)14-5-7-15(19)8-6-14/h3-10,12H,11H2,1-2H3,(H,20,23)(H2,21,22,24). The zero-order chi connectivity index (χ0) is 17.5. The van der Waals surface area contributed by atoms with E-state index in [-0.39, 0.29) is 18.0 Å². The molecular formula is C18H20ClN3O2. The van der Waals surface area contributed by atoms with Gasteiger partial charge in [0.05, 0.1) is 0 Å². The smallest absolute Gasteiger partial charge is 0.319 e. The van der Waals surface area contributed by atoms with Crippen LogP contribution in [0.2, 0.25) is 5.02 Å². The fraction of sp³-hybridized carbons (Fsp3) is 0.222. The number of amides is 3. The summed E-state index contributed by atoms with van der Waals surface area (Å²) < 4.78 is 0. The second kappa shape index (κ2) is 8.36. The molecule has 2 aromatic carbocycles. The summed E-state index contributed by atoms with van der Waals surface area (Å²) in [6.45, 7) is 4.19. The molecule has 0 bridgehead atoms. The first-order valence-electron chi connectivity index (χ1n) is 7.64. The second-order valence-electron chi connectivity index (χ2n) is 5.64. The molecule has 0 spiro atoms. The third-order valence-corrected chi connectivity index (χ3v) is 3.44. The quantitative estimate of drug-likeness (QED) is 0.771. The number of carbonyl (C=O) groups is 2. The molecule has 0 saturated heterocycles. The molecule has 0 atom stereocenters. The molecule has 0 heterocycles. The molecule has 5 nitrogen and oxygen atoms in total. The zero-order valence-corrected chi connectivity index (χ0v) is 14.4. The van der Waals surface area contributed by atoms with E-state index in [4.69, 9.17) is 11.6 Å². The highest BCUT2D eigenvalue weighted by molar-refractivity contribution is 6.30. The number of hydrogen-bond acceptors (Lipinski definition) is 2. The van der Waals surface area contributed by atoms with Crippen LogP contribution in [0.5, 0.6) is 0 Å². The van der Waals surface area contributed by atoms with Gasteiger partial charge in [0.1, 0.15) is 0 Å². The monoisotopic (exact) mass is 345 g/mol. The number of hydrogen-bond donors (Lipinski definition) is 3. The summed E-state index contributed by atoms with van der Waals surface area (Å²) in [4.78, 5) is 23.6. The van der Waals surface area contributed by atoms with E-state index in [1.54, 1.807) is 36.4 Å². The second-order valence-corrected chi connectivity index (χ2v) is 6.08. The number of nitrogens with one attached hydrogen (secondary N) is 3. The van der Waals surface area contributed by atoms with Crippen LogP contribution < -0.4 is 16.0 Å². The summed E-state index contributed by atoms with van der Waals surface area (Å²) in [6, 6.07) is 13.9. The van der Waals surface area contributed by atoms with Crippen LogP contribution in [0.4, 0.5) is 10.5 Å². The Balaban J connectivity index is 1.86. The van der Waals surface area contributed by atoms with Crippen molar-refractivity contribution >= 4 is 29.2 Å². The predicted octanol–water partition coefficient (Wildman–Crippen LogP) is 3.80. The summed E-state index contributed by atoms with van der Waals surface area (Å²) in [5.74, 6) is -0.162. The lowest BCUT2D eigenvalue weighted by molar-refractivity contribution is 0.0951. The highest BCUT2D eigenvalue weighted by Crippen LogP contribution is 2.11. The van der Waals surface area contributed by atoms with E-state index >= 15 is 0 Å². The molecule has 0 aliphatic rings. The Bertz CT molecular complexity index is 697. The van der Waals surface area contributed by atoms with Gasteiger partial charge in [0, 0.05) is 28.9 Å². The van der Waals surface area contributed by atoms with Gasteiger partial charge < -0.3 is 16.0 Å². The highest BCUT2D eigenvalue weighted by atomic mass is 35.5. The first-order chi connectivity index (χ1) is 11.4. The molecule has 3 amide bonds. The molecule has 2 aromatic rings. The minimum atomic E-state index is -0.242. The summed E-state index contributed by atoms with van der Waals surface area (Å²) >= 11 is 5.80. The number of halogens is 1. The maximum absolute atomic E-state index is 12.0. The van der Waals surface area contributed by atoms with Crippen molar-refractivity contribution in [2.75, 3.05) is 5.32 Å². The molecule has 126 valence electrons. The number of urea groups is 1. The molecule has 0 radical (unpaired) electrons. The first kappa shape index (κ1) is 17.8. The lowest BCUT2D eigenvalue weighted by Gasteiger charge is -2.11. The van der Waals surface area contributed by atoms with Gasteiger partial charge in [0.15, 0.2) is 0 Å². The fourth-order valence-corrected chi connectivity index (χ4v) is 2.15. The third-order valence-electron chi connectivity index (χ3n) is 3.19. The normalized spacial score (nSPS) is 10.3. The lowest BCUT2D eigenvalue weighted by atomic mass is 10.2. The molecule has 0 fully saturated rings. The minimum Gasteiger partial charge on any atom is -0.348 e. The summed E-state index contributed by atoms with van der Waals surface area (Å²) in [5, 5.41) is 8.93. The molecule has 3 N–H and O–H groups in total. The van der Waals surface area contributed by atoms with Crippen molar-refractivity contribution in [3.8, 4) is 0 Å². The van der Waals surface area contributed by atoms with Crippen LogP contribution in [0.3, 0.4) is 0 Å². The molecule has 0 aliphatic heterocycles. The van der Waals surface area contributed by atoms with Crippen molar-refractivity contribution in [1.29, 1.82) is 0 Å². The Morgan fingerprint density at radius 1 is 1.00 bits per heavy atom. The average molecular weight is 346 g/mol. The van der Waals surface area contributed by atoms with Crippen LogP contribution in [0.15, 0.2) is 48.5 Å². The van der Waals surface area contributed by atoms with Crippen molar-refractivity contribution in [3.05, 3.63) is 64.7 Å². The van der Waals surface area contributed by atoms with Gasteiger partial charge in [0.2, 0.25) is 0 Å². The van der Waals surface area contributed by atoms with Crippen molar-refractivity contribution in [3.63, 3.8) is 0 Å². The molecule has 0 unspecified atom stereocenters. The largest absolute Gasteiger partial charge is 0.348 e. The molecular weight excluding hydrogens is 326 g/mol. The van der Waals surface area contributed by atoms with Gasteiger partial charge in [-0.05, 0) is 55.8 Å². The Morgan fingerprint density at radius 2 is 1.62 bits per heavy atom. The maximum atomic E-state index is 12.0. The minimum absolute atomic E-state index is 0.0763. The molecule has 2 rings (SSSR count). The van der Waals surface area contributed by atoms with E-state index in [1.807, 2.05) is 26.0 Å². The first-order valence-corrected chi connectivity index (χ1v) is 8.02. The molecule has 0 aliphatic carbocycles. The highest BCUT2D eigenvalue weighted by Gasteiger charge is 2.06. The Labute approximate surface area is 146 Å². The van der Waals surface area contributed by atoms with Crippen molar-refractivity contribution < 1.29 is 9.59 Å². The average Bonchev–Trinajstić information content (AvgIpc) is 2.54. The fourth-order valence-electron chi connectivity index (χ4n) is 2.02.